The molecule has 0 saturated carbocycles. The second-order valence-electron chi connectivity index (χ2n) is 20.6. The number of nitrogens with one attached hydrogen (secondary N) is 2. The van der Waals surface area contributed by atoms with Crippen LogP contribution >= 0.6 is 7.82 Å². The highest BCUT2D eigenvalue weighted by molar-refractivity contribution is 7.46. The zero-order chi connectivity index (χ0) is 47.1. The molecule has 15 rings (SSSR count). The van der Waals surface area contributed by atoms with Crippen molar-refractivity contribution in [2.45, 2.75) is 79.4 Å². The first kappa shape index (κ1) is 40.6. The van der Waals surface area contributed by atoms with Crippen molar-refractivity contribution in [3.63, 3.8) is 0 Å². The van der Waals surface area contributed by atoms with Crippen LogP contribution in [0.2, 0.25) is 0 Å². The second kappa shape index (κ2) is 14.2. The number of ether oxygens (including phenoxy) is 1. The number of anilines is 1. The lowest BCUT2D eigenvalue weighted by molar-refractivity contribution is 0.0998. The summed E-state index contributed by atoms with van der Waals surface area (Å²) in [6.07, 6.45) is 4.34. The van der Waals surface area contributed by atoms with Gasteiger partial charge in [0.15, 0.2) is 5.96 Å². The van der Waals surface area contributed by atoms with Crippen LogP contribution in [0, 0.1) is 0 Å². The number of nitrogens with two attached hydrogens (primary N) is 2. The van der Waals surface area contributed by atoms with E-state index in [4.69, 9.17) is 20.7 Å². The number of guanidine groups is 1. The number of hydrogen-bond acceptors (Lipinski definition) is 5. The van der Waals surface area contributed by atoms with Crippen molar-refractivity contribution >= 4 is 31.3 Å². The topological polar surface area (TPSA) is 202 Å². The van der Waals surface area contributed by atoms with Gasteiger partial charge in [-0.05, 0) is 122 Å². The number of aromatic nitrogens is 1. The summed E-state index contributed by atoms with van der Waals surface area (Å²) in [4.78, 5) is 53.2. The molecule has 0 saturated heterocycles. The summed E-state index contributed by atoms with van der Waals surface area (Å²) in [5.74, 6) is 1.00. The molecule has 70 heavy (non-hydrogen) atoms. The predicted molar refractivity (Wildman–Crippen MR) is 263 cm³/mol. The van der Waals surface area contributed by atoms with E-state index in [1.807, 2.05) is 24.3 Å². The highest BCUT2D eigenvalue weighted by Crippen LogP contribution is 2.72. The van der Waals surface area contributed by atoms with Crippen molar-refractivity contribution in [2.24, 2.45) is 16.5 Å². The molecule has 1 aromatic heterocycles. The van der Waals surface area contributed by atoms with E-state index >= 15 is 0 Å². The number of hydrogen-bond donors (Lipinski definition) is 6. The number of amides is 2. The van der Waals surface area contributed by atoms with Crippen LogP contribution in [-0.2, 0) is 11.0 Å². The number of carbonyl (C=O) groups is 2. The lowest BCUT2D eigenvalue weighted by Crippen LogP contribution is -2.24. The number of nitrogens with zero attached hydrogens (tertiary/aromatic N) is 1. The van der Waals surface area contributed by atoms with Gasteiger partial charge in [0.05, 0.1) is 6.61 Å². The second-order valence-corrected chi connectivity index (χ2v) is 21.8. The minimum Gasteiger partial charge on any atom is -0.493 e. The van der Waals surface area contributed by atoms with Gasteiger partial charge in [0.1, 0.15) is 22.9 Å². The molecule has 1 heterocycles. The Morgan fingerprint density at radius 3 is 1.43 bits per heavy atom. The van der Waals surface area contributed by atoms with Gasteiger partial charge in [0.25, 0.3) is 11.8 Å². The first-order valence-electron chi connectivity index (χ1n) is 24.3. The molecule has 0 fully saturated rings. The molecular formula is C57H46N5O7P. The van der Waals surface area contributed by atoms with Crippen LogP contribution in [0.3, 0.4) is 0 Å². The van der Waals surface area contributed by atoms with Crippen molar-refractivity contribution in [3.8, 4) is 11.5 Å². The minimum atomic E-state index is -4.99. The number of phosphoric acid groups is 1. The molecular weight excluding hydrogens is 898 g/mol. The zero-order valence-corrected chi connectivity index (χ0v) is 38.6. The average molecular weight is 944 g/mol. The van der Waals surface area contributed by atoms with E-state index in [9.17, 15) is 23.9 Å². The van der Waals surface area contributed by atoms with Gasteiger partial charge in [-0.1, -0.05) is 84.9 Å². The largest absolute Gasteiger partial charge is 0.524 e. The molecule has 12 nitrogen and oxygen atoms in total. The summed E-state index contributed by atoms with van der Waals surface area (Å²) >= 11 is 0. The maximum Gasteiger partial charge on any atom is 0.524 e. The maximum absolute atomic E-state index is 13.2. The lowest BCUT2D eigenvalue weighted by atomic mass is 9.74. The van der Waals surface area contributed by atoms with Crippen LogP contribution in [0.1, 0.15) is 189 Å². The van der Waals surface area contributed by atoms with Crippen LogP contribution in [0.15, 0.2) is 114 Å². The molecule has 0 unspecified atom stereocenters. The van der Waals surface area contributed by atoms with E-state index in [1.165, 1.54) is 78.9 Å². The Kier molecular flexibility index (Phi) is 8.24. The molecule has 0 spiro atoms. The summed E-state index contributed by atoms with van der Waals surface area (Å²) in [5, 5.41) is 2.88. The van der Waals surface area contributed by atoms with Crippen molar-refractivity contribution < 1.29 is 33.2 Å². The smallest absolute Gasteiger partial charge is 0.493 e. The van der Waals surface area contributed by atoms with Crippen LogP contribution in [0.4, 0.5) is 5.69 Å². The highest BCUT2D eigenvalue weighted by atomic mass is 31.2. The Morgan fingerprint density at radius 1 is 0.571 bits per heavy atom. The monoisotopic (exact) mass is 943 g/mol. The quantitative estimate of drug-likeness (QED) is 0.0463. The number of H-pyrrole nitrogens is 1. The van der Waals surface area contributed by atoms with Crippen LogP contribution in [0.25, 0.3) is 0 Å². The molecule has 8 aliphatic rings. The third-order valence-corrected chi connectivity index (χ3v) is 17.8. The van der Waals surface area contributed by atoms with Gasteiger partial charge in [-0.2, -0.15) is 4.99 Å². The first-order valence-corrected chi connectivity index (χ1v) is 25.9. The molecule has 7 aromatic rings. The van der Waals surface area contributed by atoms with E-state index in [-0.39, 0.29) is 41.0 Å². The molecule has 6 aromatic carbocycles. The third kappa shape index (κ3) is 5.60. The van der Waals surface area contributed by atoms with E-state index in [2.05, 4.69) is 88.1 Å². The molecule has 2 amide bonds. The Bertz CT molecular complexity index is 3470. The SMILES string of the molecule is NC(N)=NC(=O)c1ccc(C(=O)Nc2ccc(CCOc3c4c(c(OP(=O)(O)O)c5c3[C@@H]3C[C@H]5c5cc6c(cc53)[C@@H]3C[C@H]6c5ccccc53)[C@H]3C[C@@H]4c4cc5c(cc43)[C@@H]3C[C@H]5c4ccccc43)cc2)[nH]1. The number of fused-ring (bicyclic) bond motifs is 32. The molecule has 13 heteroatoms. The highest BCUT2D eigenvalue weighted by Gasteiger charge is 2.56. The van der Waals surface area contributed by atoms with E-state index < -0.39 is 19.6 Å². The Morgan fingerprint density at radius 2 is 0.986 bits per heavy atom. The molecule has 0 aliphatic heterocycles. The predicted octanol–water partition coefficient (Wildman–Crippen LogP) is 9.70. The molecule has 8 bridgehead atoms. The van der Waals surface area contributed by atoms with E-state index in [0.29, 0.717) is 48.1 Å². The molecule has 346 valence electrons. The van der Waals surface area contributed by atoms with E-state index in [1.54, 1.807) is 0 Å². The van der Waals surface area contributed by atoms with Crippen LogP contribution in [-0.4, -0.2) is 39.2 Å². The molecule has 0 radical (unpaired) electrons. The van der Waals surface area contributed by atoms with E-state index in [0.717, 1.165) is 59.3 Å². The van der Waals surface area contributed by atoms with Crippen LogP contribution in [0.5, 0.6) is 11.5 Å². The van der Waals surface area contributed by atoms with Gasteiger partial charge in [-0.15, -0.1) is 0 Å². The Labute approximate surface area is 402 Å². The number of aromatic amines is 1. The Hall–Kier alpha value is -7.24. The fourth-order valence-electron chi connectivity index (χ4n) is 14.9. The summed E-state index contributed by atoms with van der Waals surface area (Å²) in [5.41, 5.74) is 32.8. The number of phosphoric ester groups is 1. The van der Waals surface area contributed by atoms with Crippen molar-refractivity contribution in [3.05, 3.63) is 215 Å². The fraction of sp³-hybridized carbons (Fsp3) is 0.246. The van der Waals surface area contributed by atoms with Gasteiger partial charge < -0.3 is 31.0 Å². The van der Waals surface area contributed by atoms with Crippen molar-refractivity contribution in [1.82, 2.24) is 4.98 Å². The maximum atomic E-state index is 13.2. The summed E-state index contributed by atoms with van der Waals surface area (Å²) in [7, 11) is -4.99. The van der Waals surface area contributed by atoms with Gasteiger partial charge in [0.2, 0.25) is 0 Å². The fourth-order valence-corrected chi connectivity index (χ4v) is 15.3. The van der Waals surface area contributed by atoms with Gasteiger partial charge in [0, 0.05) is 81.7 Å². The summed E-state index contributed by atoms with van der Waals surface area (Å²) in [6.45, 7) is 0.363. The number of rotatable bonds is 9. The molecule has 8 aliphatic carbocycles. The third-order valence-electron chi connectivity index (χ3n) is 17.4. The minimum absolute atomic E-state index is 0.0109. The molecule has 8 N–H and O–H groups in total. The zero-order valence-electron chi connectivity index (χ0n) is 37.7. The van der Waals surface area contributed by atoms with Gasteiger partial charge in [-0.3, -0.25) is 19.4 Å². The Balaban J connectivity index is 0.800. The number of carbonyl (C=O) groups excluding carboxylic acids is 2. The number of aliphatic imine (C=N–C) groups is 1. The summed E-state index contributed by atoms with van der Waals surface area (Å²) < 4.78 is 26.5. The molecule has 8 atom stereocenters. The standard InChI is InChI=1S/C57H46N5O7P/c58-57(59)62-56(64)48-14-13-47(61-48)55(63)60-26-11-9-25(10-12-26)15-16-68-53-49-43-23-45(41-21-37-33-17-31(35(37)19-39(41)43)27-5-1-3-7-29(27)33)51(49)54(69-70(65,66)67)52-46-24-44(50(52)53)40-20-36-32-18-34(38(36)22-42(40)46)30-8-4-2-6-28(30)32/h1-14,19-22,31-34,43-46,61H,15-18,23-24H2,(H,60,63)(H2,65,66,67)(H4,58,59,62,64)/t31-,32+,33+,34-,43-,44-,45+,46+/m1/s1. The van der Waals surface area contributed by atoms with Crippen LogP contribution < -0.4 is 26.0 Å². The van der Waals surface area contributed by atoms with Gasteiger partial charge >= 0.3 is 7.82 Å². The summed E-state index contributed by atoms with van der Waals surface area (Å²) in [6, 6.07) is 38.1. The van der Waals surface area contributed by atoms with Crippen molar-refractivity contribution in [2.75, 3.05) is 11.9 Å². The first-order chi connectivity index (χ1) is 34.0. The normalized spacial score (nSPS) is 24.0. The van der Waals surface area contributed by atoms with Gasteiger partial charge in [-0.25, -0.2) is 4.57 Å². The number of benzene rings is 6. The average Bonchev–Trinajstić information content (AvgIpc) is 4.23. The van der Waals surface area contributed by atoms with Crippen molar-refractivity contribution in [1.29, 1.82) is 0 Å². The lowest BCUT2D eigenvalue weighted by Gasteiger charge is -2.33.